The molecule has 1 aromatic rings. The monoisotopic (exact) mass is 315 g/mol. The first kappa shape index (κ1) is 14.8. The van der Waals surface area contributed by atoms with E-state index in [0.717, 1.165) is 23.2 Å². The molecule has 0 bridgehead atoms. The Bertz CT molecular complexity index is 596. The predicted octanol–water partition coefficient (Wildman–Crippen LogP) is 3.01. The Balaban J connectivity index is 1.73. The normalized spacial score (nSPS) is 21.6. The zero-order chi connectivity index (χ0) is 15.9. The minimum atomic E-state index is -2.46. The molecule has 0 aliphatic carbocycles. The molecule has 118 valence electrons. The number of nitrogens with zero attached hydrogens (tertiary/aromatic N) is 3. The van der Waals surface area contributed by atoms with Gasteiger partial charge in [0.05, 0.1) is 12.0 Å². The molecular weight excluding hydrogens is 302 g/mol. The van der Waals surface area contributed by atoms with E-state index in [4.69, 9.17) is 0 Å². The Morgan fingerprint density at radius 2 is 1.82 bits per heavy atom. The predicted molar refractivity (Wildman–Crippen MR) is 70.5 cm³/mol. The van der Waals surface area contributed by atoms with Crippen LogP contribution in [0.25, 0.3) is 0 Å². The number of carbonyl (C=O) groups is 1. The summed E-state index contributed by atoms with van der Waals surface area (Å²) < 4.78 is 51.5. The van der Waals surface area contributed by atoms with Crippen LogP contribution in [-0.4, -0.2) is 41.7 Å². The second kappa shape index (κ2) is 5.58. The summed E-state index contributed by atoms with van der Waals surface area (Å²) in [5, 5.41) is 5.00. The SMILES string of the molecule is O=C(N1CC(C(F)F)C1)N1N=CCC1c1cc(F)cc(F)c1. The van der Waals surface area contributed by atoms with Crippen molar-refractivity contribution < 1.29 is 22.4 Å². The Hall–Kier alpha value is -2.12. The third-order valence-electron chi connectivity index (χ3n) is 3.83. The van der Waals surface area contributed by atoms with E-state index in [1.165, 1.54) is 11.1 Å². The molecule has 2 heterocycles. The van der Waals surface area contributed by atoms with Crippen LogP contribution in [0.3, 0.4) is 0 Å². The smallest absolute Gasteiger partial charge is 0.322 e. The molecule has 8 heteroatoms. The summed E-state index contributed by atoms with van der Waals surface area (Å²) in [4.78, 5) is 13.5. The number of hydrogen-bond donors (Lipinski definition) is 0. The Kier molecular flexibility index (Phi) is 3.76. The van der Waals surface area contributed by atoms with E-state index in [-0.39, 0.29) is 18.7 Å². The molecule has 0 spiro atoms. The van der Waals surface area contributed by atoms with Gasteiger partial charge in [0.15, 0.2) is 0 Å². The lowest BCUT2D eigenvalue weighted by Gasteiger charge is -2.40. The average molecular weight is 315 g/mol. The minimum absolute atomic E-state index is 0.0350. The van der Waals surface area contributed by atoms with Crippen LogP contribution in [0.5, 0.6) is 0 Å². The summed E-state index contributed by atoms with van der Waals surface area (Å²) in [6.07, 6.45) is -0.671. The van der Waals surface area contributed by atoms with Gasteiger partial charge in [-0.25, -0.2) is 27.4 Å². The number of halogens is 4. The van der Waals surface area contributed by atoms with Crippen molar-refractivity contribution >= 4 is 12.2 Å². The van der Waals surface area contributed by atoms with Crippen LogP contribution in [-0.2, 0) is 0 Å². The van der Waals surface area contributed by atoms with Crippen LogP contribution in [0.4, 0.5) is 22.4 Å². The molecule has 1 atom stereocenters. The van der Waals surface area contributed by atoms with E-state index in [1.54, 1.807) is 0 Å². The van der Waals surface area contributed by atoms with Gasteiger partial charge in [-0.2, -0.15) is 5.10 Å². The van der Waals surface area contributed by atoms with Crippen molar-refractivity contribution in [1.29, 1.82) is 0 Å². The first-order valence-corrected chi connectivity index (χ1v) is 6.80. The van der Waals surface area contributed by atoms with Crippen LogP contribution in [0.2, 0.25) is 0 Å². The number of hydrazone groups is 1. The number of likely N-dealkylation sites (tertiary alicyclic amines) is 1. The quantitative estimate of drug-likeness (QED) is 0.773. The molecule has 1 fully saturated rings. The molecule has 2 aliphatic rings. The van der Waals surface area contributed by atoms with Gasteiger partial charge in [-0.05, 0) is 17.7 Å². The minimum Gasteiger partial charge on any atom is -0.322 e. The van der Waals surface area contributed by atoms with Gasteiger partial charge in [-0.3, -0.25) is 0 Å². The maximum absolute atomic E-state index is 13.3. The van der Waals surface area contributed by atoms with Crippen LogP contribution < -0.4 is 0 Å². The van der Waals surface area contributed by atoms with Gasteiger partial charge in [0.1, 0.15) is 11.6 Å². The fourth-order valence-corrected chi connectivity index (χ4v) is 2.62. The van der Waals surface area contributed by atoms with Crippen LogP contribution in [0, 0.1) is 17.6 Å². The van der Waals surface area contributed by atoms with Crippen LogP contribution >= 0.6 is 0 Å². The molecule has 0 N–H and O–H groups in total. The van der Waals surface area contributed by atoms with Crippen molar-refractivity contribution in [1.82, 2.24) is 9.91 Å². The highest BCUT2D eigenvalue weighted by molar-refractivity contribution is 5.79. The van der Waals surface area contributed by atoms with E-state index in [9.17, 15) is 22.4 Å². The van der Waals surface area contributed by atoms with Crippen molar-refractivity contribution in [2.45, 2.75) is 18.9 Å². The second-order valence-electron chi connectivity index (χ2n) is 5.38. The number of benzene rings is 1. The molecule has 1 saturated heterocycles. The van der Waals surface area contributed by atoms with Gasteiger partial charge in [0.2, 0.25) is 6.43 Å². The molecule has 0 aromatic heterocycles. The summed E-state index contributed by atoms with van der Waals surface area (Å²) in [6.45, 7) is -0.0699. The lowest BCUT2D eigenvalue weighted by molar-refractivity contribution is -0.0132. The van der Waals surface area contributed by atoms with Crippen LogP contribution in [0.15, 0.2) is 23.3 Å². The molecular formula is C14H13F4N3O. The highest BCUT2D eigenvalue weighted by Crippen LogP contribution is 2.32. The van der Waals surface area contributed by atoms with Gasteiger partial charge < -0.3 is 4.90 Å². The third kappa shape index (κ3) is 2.65. The van der Waals surface area contributed by atoms with E-state index >= 15 is 0 Å². The van der Waals surface area contributed by atoms with E-state index in [0.29, 0.717) is 6.42 Å². The second-order valence-corrected chi connectivity index (χ2v) is 5.38. The number of urea groups is 1. The molecule has 1 aromatic carbocycles. The molecule has 1 unspecified atom stereocenters. The van der Waals surface area contributed by atoms with E-state index in [1.807, 2.05) is 0 Å². The summed E-state index contributed by atoms with van der Waals surface area (Å²) in [7, 11) is 0. The molecule has 2 aliphatic heterocycles. The van der Waals surface area contributed by atoms with Gasteiger partial charge in [-0.15, -0.1) is 0 Å². The zero-order valence-corrected chi connectivity index (χ0v) is 11.4. The molecule has 0 radical (unpaired) electrons. The summed E-state index contributed by atoms with van der Waals surface area (Å²) >= 11 is 0. The summed E-state index contributed by atoms with van der Waals surface area (Å²) in [5.74, 6) is -2.30. The summed E-state index contributed by atoms with van der Waals surface area (Å²) in [6, 6.07) is 1.87. The Morgan fingerprint density at radius 1 is 1.18 bits per heavy atom. The number of hydrogen-bond acceptors (Lipinski definition) is 2. The average Bonchev–Trinajstić information content (AvgIpc) is 2.83. The highest BCUT2D eigenvalue weighted by atomic mass is 19.3. The molecule has 2 amide bonds. The van der Waals surface area contributed by atoms with Gasteiger partial charge in [0.25, 0.3) is 0 Å². The van der Waals surface area contributed by atoms with Crippen LogP contribution in [0.1, 0.15) is 18.0 Å². The number of carbonyl (C=O) groups excluding carboxylic acids is 1. The number of amides is 2. The largest absolute Gasteiger partial charge is 0.341 e. The van der Waals surface area contributed by atoms with Gasteiger partial charge >= 0.3 is 6.03 Å². The van der Waals surface area contributed by atoms with Crippen molar-refractivity contribution in [3.63, 3.8) is 0 Å². The Labute approximate surface area is 124 Å². The van der Waals surface area contributed by atoms with E-state index in [2.05, 4.69) is 5.10 Å². The zero-order valence-electron chi connectivity index (χ0n) is 11.4. The molecule has 0 saturated carbocycles. The van der Waals surface area contributed by atoms with Crippen molar-refractivity contribution in [2.24, 2.45) is 11.0 Å². The first-order chi connectivity index (χ1) is 10.5. The lowest BCUT2D eigenvalue weighted by Crippen LogP contribution is -2.55. The van der Waals surface area contributed by atoms with Gasteiger partial charge in [0, 0.05) is 31.8 Å². The maximum Gasteiger partial charge on any atom is 0.341 e. The standard InChI is InChI=1S/C14H13F4N3O/c15-10-3-8(4-11(16)5-10)12-1-2-19-21(12)14(22)20-6-9(7-20)13(17)18/h2-5,9,12-13H,1,6-7H2. The fourth-order valence-electron chi connectivity index (χ4n) is 2.62. The van der Waals surface area contributed by atoms with E-state index < -0.39 is 36.1 Å². The molecule has 3 rings (SSSR count). The summed E-state index contributed by atoms with van der Waals surface area (Å²) in [5.41, 5.74) is 0.286. The molecule has 22 heavy (non-hydrogen) atoms. The Morgan fingerprint density at radius 3 is 2.41 bits per heavy atom. The van der Waals surface area contributed by atoms with Crippen molar-refractivity contribution in [3.8, 4) is 0 Å². The maximum atomic E-state index is 13.3. The topological polar surface area (TPSA) is 35.9 Å². The highest BCUT2D eigenvalue weighted by Gasteiger charge is 2.41. The number of alkyl halides is 2. The molecule has 4 nitrogen and oxygen atoms in total. The van der Waals surface area contributed by atoms with Gasteiger partial charge in [-0.1, -0.05) is 0 Å². The third-order valence-corrected chi connectivity index (χ3v) is 3.83. The lowest BCUT2D eigenvalue weighted by atomic mass is 10.0. The first-order valence-electron chi connectivity index (χ1n) is 6.80. The van der Waals surface area contributed by atoms with Crippen molar-refractivity contribution in [3.05, 3.63) is 35.4 Å². The fraction of sp³-hybridized carbons (Fsp3) is 0.429. The number of rotatable bonds is 2. The van der Waals surface area contributed by atoms with Crippen molar-refractivity contribution in [2.75, 3.05) is 13.1 Å².